The first kappa shape index (κ1) is 22.0. The maximum atomic E-state index is 13.0. The number of rotatable bonds is 9. The van der Waals surface area contributed by atoms with Crippen LogP contribution in [0.2, 0.25) is 0 Å². The van der Waals surface area contributed by atoms with Crippen molar-refractivity contribution in [1.29, 1.82) is 0 Å². The Morgan fingerprint density at radius 2 is 1.74 bits per heavy atom. The van der Waals surface area contributed by atoms with Crippen LogP contribution in [0.4, 0.5) is 0 Å². The largest absolute Gasteiger partial charge is 0.342 e. The van der Waals surface area contributed by atoms with Crippen LogP contribution in [0.25, 0.3) is 11.0 Å². The smallest absolute Gasteiger partial charge is 0.252 e. The number of aryl methyl sites for hydroxylation is 1. The molecule has 0 radical (unpaired) electrons. The van der Waals surface area contributed by atoms with Gasteiger partial charge in [0, 0.05) is 18.7 Å². The van der Waals surface area contributed by atoms with Gasteiger partial charge in [-0.3, -0.25) is 9.59 Å². The molecule has 3 rings (SSSR count). The fourth-order valence-corrected chi connectivity index (χ4v) is 3.58. The Balaban J connectivity index is 1.92. The van der Waals surface area contributed by atoms with E-state index in [0.29, 0.717) is 24.5 Å². The minimum absolute atomic E-state index is 0.0679. The molecule has 1 atom stereocenters. The van der Waals surface area contributed by atoms with Gasteiger partial charge in [0.15, 0.2) is 0 Å². The molecule has 1 aromatic heterocycles. The van der Waals surface area contributed by atoms with E-state index in [2.05, 4.69) is 18.5 Å². The molecule has 0 saturated heterocycles. The van der Waals surface area contributed by atoms with Crippen molar-refractivity contribution in [1.82, 2.24) is 19.8 Å². The lowest BCUT2D eigenvalue weighted by Gasteiger charge is -2.22. The van der Waals surface area contributed by atoms with Crippen LogP contribution in [0.1, 0.15) is 34.7 Å². The lowest BCUT2D eigenvalue weighted by molar-refractivity contribution is -0.130. The maximum Gasteiger partial charge on any atom is 0.252 e. The number of nitrogens with zero attached hydrogens (tertiary/aromatic N) is 3. The van der Waals surface area contributed by atoms with Crippen LogP contribution in [-0.4, -0.2) is 39.4 Å². The van der Waals surface area contributed by atoms with E-state index < -0.39 is 0 Å². The number of carbonyl (C=O) groups excluding carboxylic acids is 2. The number of carbonyl (C=O) groups is 2. The zero-order chi connectivity index (χ0) is 22.4. The van der Waals surface area contributed by atoms with Gasteiger partial charge in [-0.05, 0) is 37.6 Å². The van der Waals surface area contributed by atoms with Crippen molar-refractivity contribution < 1.29 is 9.59 Å². The zero-order valence-electron chi connectivity index (χ0n) is 18.0. The average Bonchev–Trinajstić information content (AvgIpc) is 3.12. The van der Waals surface area contributed by atoms with E-state index >= 15 is 0 Å². The Morgan fingerprint density at radius 1 is 1.10 bits per heavy atom. The molecule has 6 heteroatoms. The summed E-state index contributed by atoms with van der Waals surface area (Å²) in [6, 6.07) is 14.7. The van der Waals surface area contributed by atoms with E-state index in [9.17, 15) is 9.59 Å². The molecule has 3 aromatic rings. The van der Waals surface area contributed by atoms with Gasteiger partial charge in [-0.25, -0.2) is 4.98 Å². The monoisotopic (exact) mass is 416 g/mol. The third-order valence-electron chi connectivity index (χ3n) is 5.15. The van der Waals surface area contributed by atoms with Crippen molar-refractivity contribution in [3.8, 4) is 0 Å². The molecular formula is C25H28N4O2. The van der Waals surface area contributed by atoms with Gasteiger partial charge < -0.3 is 14.8 Å². The van der Waals surface area contributed by atoms with Crippen LogP contribution < -0.4 is 5.32 Å². The molecule has 0 fully saturated rings. The summed E-state index contributed by atoms with van der Waals surface area (Å²) in [6.45, 7) is 12.2. The second-order valence-electron chi connectivity index (χ2n) is 7.43. The van der Waals surface area contributed by atoms with E-state index in [1.54, 1.807) is 23.1 Å². The first-order chi connectivity index (χ1) is 15.0. The summed E-state index contributed by atoms with van der Waals surface area (Å²) in [4.78, 5) is 32.2. The van der Waals surface area contributed by atoms with Gasteiger partial charge in [-0.2, -0.15) is 0 Å². The summed E-state index contributed by atoms with van der Waals surface area (Å²) in [5.74, 6) is 0.394. The van der Waals surface area contributed by atoms with Crippen molar-refractivity contribution in [3.63, 3.8) is 0 Å². The Kier molecular flexibility index (Phi) is 7.03. The van der Waals surface area contributed by atoms with Crippen LogP contribution >= 0.6 is 0 Å². The van der Waals surface area contributed by atoms with Gasteiger partial charge in [-0.1, -0.05) is 42.5 Å². The van der Waals surface area contributed by atoms with Crippen LogP contribution in [0, 0.1) is 6.92 Å². The number of aromatic nitrogens is 2. The lowest BCUT2D eigenvalue weighted by atomic mass is 10.1. The van der Waals surface area contributed by atoms with Crippen molar-refractivity contribution in [2.75, 3.05) is 13.1 Å². The predicted molar refractivity (Wildman–Crippen MR) is 124 cm³/mol. The van der Waals surface area contributed by atoms with Gasteiger partial charge in [0.05, 0.1) is 17.1 Å². The third-order valence-corrected chi connectivity index (χ3v) is 5.15. The van der Waals surface area contributed by atoms with Crippen molar-refractivity contribution in [3.05, 3.63) is 90.8 Å². The van der Waals surface area contributed by atoms with E-state index in [1.807, 2.05) is 60.9 Å². The lowest BCUT2D eigenvalue weighted by Crippen LogP contribution is -2.35. The number of para-hydroxylation sites is 2. The molecule has 31 heavy (non-hydrogen) atoms. The first-order valence-corrected chi connectivity index (χ1v) is 10.3. The van der Waals surface area contributed by atoms with E-state index in [4.69, 9.17) is 4.98 Å². The van der Waals surface area contributed by atoms with Gasteiger partial charge in [-0.15, -0.1) is 13.2 Å². The Hall–Kier alpha value is -3.67. The van der Waals surface area contributed by atoms with Crippen molar-refractivity contribution in [2.24, 2.45) is 0 Å². The van der Waals surface area contributed by atoms with Gasteiger partial charge in [0.25, 0.3) is 5.91 Å². The van der Waals surface area contributed by atoms with Gasteiger partial charge in [0.1, 0.15) is 12.4 Å². The Bertz CT molecular complexity index is 1110. The normalized spacial score (nSPS) is 11.7. The molecule has 1 heterocycles. The first-order valence-electron chi connectivity index (χ1n) is 10.3. The summed E-state index contributed by atoms with van der Waals surface area (Å²) >= 11 is 0. The number of fused-ring (bicyclic) bond motifs is 1. The van der Waals surface area contributed by atoms with Crippen LogP contribution in [0.15, 0.2) is 73.8 Å². The standard InChI is InChI=1S/C25H28N4O2/c1-5-15-28(16-6-2)23(30)17-29-22-14-10-9-13-21(22)27-24(29)19(4)26-25(31)20-12-8-7-11-18(20)3/h5-14,19H,1-2,15-17H2,3-4H3,(H,26,31). The highest BCUT2D eigenvalue weighted by Gasteiger charge is 2.22. The van der Waals surface area contributed by atoms with Crippen LogP contribution in [-0.2, 0) is 11.3 Å². The summed E-state index contributed by atoms with van der Waals surface area (Å²) in [5, 5.41) is 3.03. The van der Waals surface area contributed by atoms with Crippen LogP contribution in [0.5, 0.6) is 0 Å². The molecule has 1 unspecified atom stereocenters. The number of benzene rings is 2. The molecule has 0 bridgehead atoms. The van der Waals surface area contributed by atoms with Crippen molar-refractivity contribution in [2.45, 2.75) is 26.4 Å². The molecule has 0 saturated carbocycles. The molecule has 2 aromatic carbocycles. The number of amides is 2. The van der Waals surface area contributed by atoms with Gasteiger partial charge >= 0.3 is 0 Å². The summed E-state index contributed by atoms with van der Waals surface area (Å²) in [6.07, 6.45) is 3.39. The Labute approximate surface area is 182 Å². The highest BCUT2D eigenvalue weighted by Crippen LogP contribution is 2.22. The molecule has 160 valence electrons. The summed E-state index contributed by atoms with van der Waals surface area (Å²) in [5.41, 5.74) is 3.15. The van der Waals surface area contributed by atoms with Crippen LogP contribution in [0.3, 0.4) is 0 Å². The minimum Gasteiger partial charge on any atom is -0.342 e. The molecule has 0 aliphatic carbocycles. The van der Waals surface area contributed by atoms with Gasteiger partial charge in [0.2, 0.25) is 5.91 Å². The zero-order valence-corrected chi connectivity index (χ0v) is 18.0. The SMILES string of the molecule is C=CCN(CC=C)C(=O)Cn1c(C(C)NC(=O)c2ccccc2C)nc2ccccc21. The van der Waals surface area contributed by atoms with E-state index in [1.165, 1.54) is 0 Å². The topological polar surface area (TPSA) is 67.2 Å². The second-order valence-corrected chi connectivity index (χ2v) is 7.43. The number of imidazole rings is 1. The van der Waals surface area contributed by atoms with E-state index in [0.717, 1.165) is 16.6 Å². The van der Waals surface area contributed by atoms with E-state index in [-0.39, 0.29) is 24.4 Å². The molecule has 0 spiro atoms. The molecule has 0 aliphatic rings. The van der Waals surface area contributed by atoms with Crippen molar-refractivity contribution >= 4 is 22.8 Å². The molecule has 0 aliphatic heterocycles. The highest BCUT2D eigenvalue weighted by molar-refractivity contribution is 5.95. The molecule has 6 nitrogen and oxygen atoms in total. The second kappa shape index (κ2) is 9.89. The molecular weight excluding hydrogens is 388 g/mol. The Morgan fingerprint density at radius 3 is 2.42 bits per heavy atom. The average molecular weight is 417 g/mol. The summed E-state index contributed by atoms with van der Waals surface area (Å²) in [7, 11) is 0. The molecule has 1 N–H and O–H groups in total. The number of hydrogen-bond acceptors (Lipinski definition) is 3. The predicted octanol–water partition coefficient (Wildman–Crippen LogP) is 4.04. The fraction of sp³-hybridized carbons (Fsp3) is 0.240. The molecule has 2 amide bonds. The quantitative estimate of drug-likeness (QED) is 0.536. The maximum absolute atomic E-state index is 13.0. The third kappa shape index (κ3) is 4.91. The fourth-order valence-electron chi connectivity index (χ4n) is 3.58. The number of hydrogen-bond donors (Lipinski definition) is 1. The number of nitrogens with one attached hydrogen (secondary N) is 1. The minimum atomic E-state index is -0.389. The highest BCUT2D eigenvalue weighted by atomic mass is 16.2. The summed E-state index contributed by atoms with van der Waals surface area (Å²) < 4.78 is 1.87.